The molecule has 0 aliphatic carbocycles. The van der Waals surface area contributed by atoms with Crippen LogP contribution in [0.5, 0.6) is 0 Å². The number of hydrogen-bond donors (Lipinski definition) is 1. The lowest BCUT2D eigenvalue weighted by molar-refractivity contribution is -0.00468. The average molecular weight is 266 g/mol. The van der Waals surface area contributed by atoms with Crippen LogP contribution in [0.15, 0.2) is 18.2 Å². The van der Waals surface area contributed by atoms with Gasteiger partial charge in [0.1, 0.15) is 5.82 Å². The molecule has 1 heterocycles. The van der Waals surface area contributed by atoms with E-state index in [1.165, 1.54) is 6.07 Å². The van der Waals surface area contributed by atoms with Crippen LogP contribution in [0.3, 0.4) is 0 Å². The zero-order valence-electron chi connectivity index (χ0n) is 11.8. The fourth-order valence-electron chi connectivity index (χ4n) is 2.80. The summed E-state index contributed by atoms with van der Waals surface area (Å²) in [6, 6.07) is 4.98. The summed E-state index contributed by atoms with van der Waals surface area (Å²) in [4.78, 5) is 2.29. The van der Waals surface area contributed by atoms with E-state index in [0.717, 1.165) is 37.2 Å². The molecule has 1 aliphatic heterocycles. The molecule has 1 atom stereocenters. The first-order chi connectivity index (χ1) is 9.08. The number of nitrogens with zero attached hydrogens (tertiary/aromatic N) is 1. The molecular formula is C15H23FN2O. The molecule has 0 amide bonds. The van der Waals surface area contributed by atoms with Crippen molar-refractivity contribution in [1.29, 1.82) is 0 Å². The zero-order valence-corrected chi connectivity index (χ0v) is 11.8. The largest absolute Gasteiger partial charge is 0.377 e. The van der Waals surface area contributed by atoms with Gasteiger partial charge in [-0.1, -0.05) is 0 Å². The third-order valence-electron chi connectivity index (χ3n) is 3.95. The number of nitrogens with two attached hydrogens (primary N) is 1. The molecule has 19 heavy (non-hydrogen) atoms. The van der Waals surface area contributed by atoms with E-state index in [1.54, 1.807) is 13.2 Å². The lowest BCUT2D eigenvalue weighted by atomic mass is 9.93. The second-order valence-electron chi connectivity index (χ2n) is 5.49. The second-order valence-corrected chi connectivity index (χ2v) is 5.49. The van der Waals surface area contributed by atoms with Crippen LogP contribution in [-0.2, 0) is 11.2 Å². The van der Waals surface area contributed by atoms with Crippen molar-refractivity contribution in [3.8, 4) is 0 Å². The van der Waals surface area contributed by atoms with Gasteiger partial charge in [-0.15, -0.1) is 0 Å². The van der Waals surface area contributed by atoms with E-state index in [2.05, 4.69) is 11.8 Å². The first kappa shape index (κ1) is 14.3. The highest BCUT2D eigenvalue weighted by Gasteiger charge is 2.31. The molecule has 0 radical (unpaired) electrons. The molecule has 1 aliphatic rings. The molecule has 1 fully saturated rings. The molecular weight excluding hydrogens is 243 g/mol. The third-order valence-corrected chi connectivity index (χ3v) is 3.95. The Labute approximate surface area is 114 Å². The summed E-state index contributed by atoms with van der Waals surface area (Å²) in [7, 11) is 1.76. The number of methoxy groups -OCH3 is 1. The molecule has 0 saturated carbocycles. The van der Waals surface area contributed by atoms with Crippen LogP contribution in [0.1, 0.15) is 25.3 Å². The Balaban J connectivity index is 2.25. The lowest BCUT2D eigenvalue weighted by Crippen LogP contribution is -2.47. The van der Waals surface area contributed by atoms with E-state index in [4.69, 9.17) is 10.5 Å². The number of piperidine rings is 1. The summed E-state index contributed by atoms with van der Waals surface area (Å²) >= 11 is 0. The predicted octanol–water partition coefficient (Wildman–Crippen LogP) is 2.33. The SMILES string of the molecule is COC1(C)CCCN(c2ccc(F)cc2CCN)C1. The second kappa shape index (κ2) is 5.88. The number of hydrogen-bond acceptors (Lipinski definition) is 3. The Morgan fingerprint density at radius 1 is 1.47 bits per heavy atom. The van der Waals surface area contributed by atoms with E-state index in [0.29, 0.717) is 13.0 Å². The van der Waals surface area contributed by atoms with E-state index >= 15 is 0 Å². The maximum absolute atomic E-state index is 13.4. The van der Waals surface area contributed by atoms with E-state index in [-0.39, 0.29) is 11.4 Å². The fraction of sp³-hybridized carbons (Fsp3) is 0.600. The Kier molecular flexibility index (Phi) is 4.42. The minimum Gasteiger partial charge on any atom is -0.377 e. The Hall–Kier alpha value is -1.13. The molecule has 1 saturated heterocycles. The van der Waals surface area contributed by atoms with Gasteiger partial charge in [-0.05, 0) is 56.5 Å². The van der Waals surface area contributed by atoms with Crippen LogP contribution in [0.2, 0.25) is 0 Å². The van der Waals surface area contributed by atoms with Crippen molar-refractivity contribution in [2.45, 2.75) is 31.8 Å². The number of rotatable bonds is 4. The van der Waals surface area contributed by atoms with Gasteiger partial charge in [-0.2, -0.15) is 0 Å². The Bertz CT molecular complexity index is 438. The van der Waals surface area contributed by atoms with Gasteiger partial charge in [-0.25, -0.2) is 4.39 Å². The van der Waals surface area contributed by atoms with Crippen LogP contribution in [0, 0.1) is 5.82 Å². The standard InChI is InChI=1S/C15H23FN2O/c1-15(19-2)7-3-9-18(11-15)14-5-4-13(16)10-12(14)6-8-17/h4-5,10H,3,6-9,11,17H2,1-2H3. The maximum atomic E-state index is 13.4. The molecule has 2 rings (SSSR count). The highest BCUT2D eigenvalue weighted by molar-refractivity contribution is 5.54. The summed E-state index contributed by atoms with van der Waals surface area (Å²) in [5, 5.41) is 0. The smallest absolute Gasteiger partial charge is 0.123 e. The number of halogens is 1. The monoisotopic (exact) mass is 266 g/mol. The summed E-state index contributed by atoms with van der Waals surface area (Å²) in [5.41, 5.74) is 7.59. The van der Waals surface area contributed by atoms with Crippen molar-refractivity contribution >= 4 is 5.69 Å². The van der Waals surface area contributed by atoms with Gasteiger partial charge in [0.25, 0.3) is 0 Å². The van der Waals surface area contributed by atoms with E-state index in [1.807, 2.05) is 6.07 Å². The Morgan fingerprint density at radius 2 is 2.26 bits per heavy atom. The van der Waals surface area contributed by atoms with Gasteiger partial charge in [0, 0.05) is 25.9 Å². The average Bonchev–Trinajstić information content (AvgIpc) is 2.39. The van der Waals surface area contributed by atoms with Crippen LogP contribution < -0.4 is 10.6 Å². The number of ether oxygens (including phenoxy) is 1. The zero-order chi connectivity index (χ0) is 13.9. The molecule has 0 spiro atoms. The molecule has 1 aromatic rings. The van der Waals surface area contributed by atoms with Gasteiger partial charge in [0.05, 0.1) is 5.60 Å². The van der Waals surface area contributed by atoms with Gasteiger partial charge in [0.15, 0.2) is 0 Å². The molecule has 1 unspecified atom stereocenters. The number of benzene rings is 1. The van der Waals surface area contributed by atoms with Crippen LogP contribution in [0.25, 0.3) is 0 Å². The fourth-order valence-corrected chi connectivity index (χ4v) is 2.80. The summed E-state index contributed by atoms with van der Waals surface area (Å²) in [6.07, 6.45) is 2.85. The summed E-state index contributed by atoms with van der Waals surface area (Å²) < 4.78 is 19.0. The molecule has 1 aromatic carbocycles. The van der Waals surface area contributed by atoms with Crippen LogP contribution in [0.4, 0.5) is 10.1 Å². The highest BCUT2D eigenvalue weighted by Crippen LogP contribution is 2.30. The lowest BCUT2D eigenvalue weighted by Gasteiger charge is -2.41. The summed E-state index contributed by atoms with van der Waals surface area (Å²) in [5.74, 6) is -0.196. The van der Waals surface area contributed by atoms with E-state index < -0.39 is 0 Å². The molecule has 4 heteroatoms. The predicted molar refractivity (Wildman–Crippen MR) is 76.0 cm³/mol. The minimum atomic E-state index is -0.196. The van der Waals surface area contributed by atoms with Crippen molar-refractivity contribution < 1.29 is 9.13 Å². The molecule has 0 bridgehead atoms. The number of anilines is 1. The van der Waals surface area contributed by atoms with Gasteiger partial charge < -0.3 is 15.4 Å². The van der Waals surface area contributed by atoms with Crippen LogP contribution >= 0.6 is 0 Å². The quantitative estimate of drug-likeness (QED) is 0.909. The Morgan fingerprint density at radius 3 is 2.95 bits per heavy atom. The molecule has 106 valence electrons. The summed E-state index contributed by atoms with van der Waals surface area (Å²) in [6.45, 7) is 4.49. The van der Waals surface area contributed by atoms with Gasteiger partial charge >= 0.3 is 0 Å². The van der Waals surface area contributed by atoms with Gasteiger partial charge in [-0.3, -0.25) is 0 Å². The van der Waals surface area contributed by atoms with Crippen molar-refractivity contribution in [1.82, 2.24) is 0 Å². The van der Waals surface area contributed by atoms with Crippen molar-refractivity contribution in [2.24, 2.45) is 5.73 Å². The van der Waals surface area contributed by atoms with Crippen molar-refractivity contribution in [3.63, 3.8) is 0 Å². The van der Waals surface area contributed by atoms with Gasteiger partial charge in [0.2, 0.25) is 0 Å². The van der Waals surface area contributed by atoms with E-state index in [9.17, 15) is 4.39 Å². The van der Waals surface area contributed by atoms with Crippen molar-refractivity contribution in [3.05, 3.63) is 29.6 Å². The first-order valence-corrected chi connectivity index (χ1v) is 6.86. The third kappa shape index (κ3) is 3.25. The molecule has 2 N–H and O–H groups in total. The maximum Gasteiger partial charge on any atom is 0.123 e. The first-order valence-electron chi connectivity index (χ1n) is 6.86. The topological polar surface area (TPSA) is 38.5 Å². The highest BCUT2D eigenvalue weighted by atomic mass is 19.1. The van der Waals surface area contributed by atoms with Crippen LogP contribution in [-0.4, -0.2) is 32.3 Å². The van der Waals surface area contributed by atoms with Crippen molar-refractivity contribution in [2.75, 3.05) is 31.6 Å². The molecule has 0 aromatic heterocycles. The molecule has 3 nitrogen and oxygen atoms in total. The normalized spacial score (nSPS) is 23.7. The minimum absolute atomic E-state index is 0.118.